The molecule has 4 aromatic carbocycles. The predicted octanol–water partition coefficient (Wildman–Crippen LogP) is 9.78. The number of aromatic nitrogens is 5. The minimum atomic E-state index is 0.585. The number of rotatable bonds is 5. The Labute approximate surface area is 264 Å². The fourth-order valence-electron chi connectivity index (χ4n) is 6.25. The highest BCUT2D eigenvalue weighted by Gasteiger charge is 2.20. The third kappa shape index (κ3) is 4.35. The molecule has 0 saturated carbocycles. The fourth-order valence-corrected chi connectivity index (χ4v) is 6.25. The summed E-state index contributed by atoms with van der Waals surface area (Å²) in [6, 6.07) is 45.3. The highest BCUT2D eigenvalue weighted by atomic mass is 16.3. The Bertz CT molecular complexity index is 2490. The van der Waals surface area contributed by atoms with Crippen LogP contribution in [0.3, 0.4) is 0 Å². The molecule has 9 rings (SSSR count). The summed E-state index contributed by atoms with van der Waals surface area (Å²) in [6.07, 6.45) is 5.49. The Morgan fingerprint density at radius 3 is 1.85 bits per heavy atom. The Morgan fingerprint density at radius 2 is 1.13 bits per heavy atom. The standard InChI is InChI=1S/C40H25N5O/c1-2-13-39-35(12-1)44-40(46-39)28-15-17-29-31-23-26(32-9-3-6-20-41-32)16-19-36(31)45(37(29)25-28)38-24-27(33-10-4-7-21-42-33)14-18-30(38)34-11-5-8-22-43-34/h1-25H. The zero-order valence-electron chi connectivity index (χ0n) is 24.6. The summed E-state index contributed by atoms with van der Waals surface area (Å²) < 4.78 is 8.55. The monoisotopic (exact) mass is 591 g/mol. The first-order valence-corrected chi connectivity index (χ1v) is 15.1. The lowest BCUT2D eigenvalue weighted by molar-refractivity contribution is 0.620. The lowest BCUT2D eigenvalue weighted by atomic mass is 10.0. The molecule has 0 N–H and O–H groups in total. The Balaban J connectivity index is 1.36. The number of hydrogen-bond acceptors (Lipinski definition) is 5. The smallest absolute Gasteiger partial charge is 0.227 e. The molecule has 0 saturated heterocycles. The molecule has 5 aromatic heterocycles. The van der Waals surface area contributed by atoms with Gasteiger partial charge in [-0.25, -0.2) is 4.98 Å². The van der Waals surface area contributed by atoms with Gasteiger partial charge in [-0.2, -0.15) is 0 Å². The van der Waals surface area contributed by atoms with Crippen molar-refractivity contribution in [3.05, 3.63) is 152 Å². The summed E-state index contributed by atoms with van der Waals surface area (Å²) >= 11 is 0. The normalized spacial score (nSPS) is 11.5. The van der Waals surface area contributed by atoms with E-state index in [4.69, 9.17) is 14.4 Å². The molecule has 0 fully saturated rings. The Hall–Kier alpha value is -6.40. The number of oxazole rings is 1. The van der Waals surface area contributed by atoms with Gasteiger partial charge >= 0.3 is 0 Å². The lowest BCUT2D eigenvalue weighted by Crippen LogP contribution is -1.99. The van der Waals surface area contributed by atoms with E-state index in [0.29, 0.717) is 5.89 Å². The molecule has 0 bridgehead atoms. The van der Waals surface area contributed by atoms with Gasteiger partial charge in [0.2, 0.25) is 5.89 Å². The number of hydrogen-bond donors (Lipinski definition) is 0. The van der Waals surface area contributed by atoms with Crippen LogP contribution < -0.4 is 0 Å². The van der Waals surface area contributed by atoms with Crippen LogP contribution in [0, 0.1) is 0 Å². The summed E-state index contributed by atoms with van der Waals surface area (Å²) in [5, 5.41) is 2.24. The zero-order valence-corrected chi connectivity index (χ0v) is 24.6. The van der Waals surface area contributed by atoms with E-state index in [0.717, 1.165) is 77.9 Å². The lowest BCUT2D eigenvalue weighted by Gasteiger charge is -2.16. The second-order valence-corrected chi connectivity index (χ2v) is 11.2. The van der Waals surface area contributed by atoms with Gasteiger partial charge in [0.05, 0.1) is 33.8 Å². The molecular formula is C40H25N5O. The molecule has 6 heteroatoms. The van der Waals surface area contributed by atoms with E-state index in [9.17, 15) is 0 Å². The molecule has 0 aliphatic carbocycles. The largest absolute Gasteiger partial charge is 0.436 e. The summed E-state index contributed by atoms with van der Waals surface area (Å²) in [6.45, 7) is 0. The van der Waals surface area contributed by atoms with Crippen LogP contribution >= 0.6 is 0 Å². The van der Waals surface area contributed by atoms with Crippen molar-refractivity contribution < 1.29 is 4.42 Å². The fraction of sp³-hybridized carbons (Fsp3) is 0. The number of nitrogens with zero attached hydrogens (tertiary/aromatic N) is 5. The molecule has 9 aromatic rings. The topological polar surface area (TPSA) is 69.6 Å². The van der Waals surface area contributed by atoms with Gasteiger partial charge in [0.1, 0.15) is 5.52 Å². The quantitative estimate of drug-likeness (QED) is 0.199. The first kappa shape index (κ1) is 26.0. The predicted molar refractivity (Wildman–Crippen MR) is 183 cm³/mol. The van der Waals surface area contributed by atoms with Crippen molar-refractivity contribution in [1.82, 2.24) is 24.5 Å². The first-order chi connectivity index (χ1) is 22.8. The molecule has 0 radical (unpaired) electrons. The Kier molecular flexibility index (Phi) is 6.03. The van der Waals surface area contributed by atoms with Crippen LogP contribution in [0.5, 0.6) is 0 Å². The maximum Gasteiger partial charge on any atom is 0.227 e. The van der Waals surface area contributed by atoms with Gasteiger partial charge in [-0.05, 0) is 78.9 Å². The van der Waals surface area contributed by atoms with Crippen molar-refractivity contribution in [1.29, 1.82) is 0 Å². The van der Waals surface area contributed by atoms with Crippen molar-refractivity contribution >= 4 is 32.9 Å². The summed E-state index contributed by atoms with van der Waals surface area (Å²) in [4.78, 5) is 18.9. The average molecular weight is 592 g/mol. The number of pyridine rings is 3. The van der Waals surface area contributed by atoms with Gasteiger partial charge in [0.25, 0.3) is 0 Å². The summed E-state index contributed by atoms with van der Waals surface area (Å²) in [5.41, 5.74) is 11.4. The van der Waals surface area contributed by atoms with Crippen LogP contribution in [0.2, 0.25) is 0 Å². The van der Waals surface area contributed by atoms with Crippen LogP contribution in [0.4, 0.5) is 0 Å². The maximum absolute atomic E-state index is 6.22. The SMILES string of the molecule is c1ccc(-c2ccc(-c3ccccn3)c(-n3c4ccc(-c5ccccn5)cc4c4ccc(-c5nc6ccccc6o5)cc43)c2)nc1. The minimum absolute atomic E-state index is 0.585. The van der Waals surface area contributed by atoms with Crippen LogP contribution in [0.15, 0.2) is 156 Å². The van der Waals surface area contributed by atoms with Crippen molar-refractivity contribution in [2.45, 2.75) is 0 Å². The van der Waals surface area contributed by atoms with Crippen LogP contribution in [0.25, 0.3) is 83.8 Å². The van der Waals surface area contributed by atoms with E-state index < -0.39 is 0 Å². The third-order valence-corrected chi connectivity index (χ3v) is 8.41. The van der Waals surface area contributed by atoms with Crippen LogP contribution in [-0.4, -0.2) is 24.5 Å². The van der Waals surface area contributed by atoms with Crippen molar-refractivity contribution in [3.63, 3.8) is 0 Å². The number of benzene rings is 4. The zero-order chi connectivity index (χ0) is 30.5. The van der Waals surface area contributed by atoms with Crippen molar-refractivity contribution in [2.24, 2.45) is 0 Å². The van der Waals surface area contributed by atoms with Crippen molar-refractivity contribution in [3.8, 4) is 50.9 Å². The number of fused-ring (bicyclic) bond motifs is 4. The number of para-hydroxylation sites is 2. The molecular weight excluding hydrogens is 566 g/mol. The molecule has 6 nitrogen and oxygen atoms in total. The molecule has 46 heavy (non-hydrogen) atoms. The summed E-state index contributed by atoms with van der Waals surface area (Å²) in [7, 11) is 0. The van der Waals surface area contributed by atoms with Crippen LogP contribution in [0.1, 0.15) is 0 Å². The molecule has 0 atom stereocenters. The van der Waals surface area contributed by atoms with E-state index >= 15 is 0 Å². The second kappa shape index (κ2) is 10.6. The highest BCUT2D eigenvalue weighted by molar-refractivity contribution is 6.11. The molecule has 0 spiro atoms. The Morgan fingerprint density at radius 1 is 0.478 bits per heavy atom. The first-order valence-electron chi connectivity index (χ1n) is 15.1. The van der Waals surface area contributed by atoms with Gasteiger partial charge < -0.3 is 8.98 Å². The second-order valence-electron chi connectivity index (χ2n) is 11.2. The van der Waals surface area contributed by atoms with E-state index in [1.54, 1.807) is 0 Å². The van der Waals surface area contributed by atoms with E-state index in [1.807, 2.05) is 91.4 Å². The van der Waals surface area contributed by atoms with Crippen LogP contribution in [-0.2, 0) is 0 Å². The summed E-state index contributed by atoms with van der Waals surface area (Å²) in [5.74, 6) is 0.585. The van der Waals surface area contributed by atoms with Gasteiger partial charge in [0, 0.05) is 51.6 Å². The third-order valence-electron chi connectivity index (χ3n) is 8.41. The highest BCUT2D eigenvalue weighted by Crippen LogP contribution is 2.40. The molecule has 0 aliphatic heterocycles. The van der Waals surface area contributed by atoms with E-state index in [2.05, 4.69) is 75.2 Å². The molecule has 0 unspecified atom stereocenters. The average Bonchev–Trinajstić information content (AvgIpc) is 3.71. The molecule has 0 aliphatic rings. The van der Waals surface area contributed by atoms with Gasteiger partial charge in [-0.1, -0.05) is 54.6 Å². The van der Waals surface area contributed by atoms with Gasteiger partial charge in [-0.3, -0.25) is 15.0 Å². The maximum atomic E-state index is 6.22. The van der Waals surface area contributed by atoms with E-state index in [-0.39, 0.29) is 0 Å². The molecule has 216 valence electrons. The molecule has 0 amide bonds. The minimum Gasteiger partial charge on any atom is -0.436 e. The van der Waals surface area contributed by atoms with E-state index in [1.165, 1.54) is 0 Å². The van der Waals surface area contributed by atoms with Crippen molar-refractivity contribution in [2.75, 3.05) is 0 Å². The van der Waals surface area contributed by atoms with Gasteiger partial charge in [-0.15, -0.1) is 0 Å². The van der Waals surface area contributed by atoms with Gasteiger partial charge in [0.15, 0.2) is 5.58 Å². The molecule has 5 heterocycles.